The number of nitrogens with one attached hydrogen (secondary N) is 1. The van der Waals surface area contributed by atoms with Crippen molar-refractivity contribution in [1.82, 2.24) is 5.32 Å². The van der Waals surface area contributed by atoms with Crippen LogP contribution in [0.2, 0.25) is 0 Å². The lowest BCUT2D eigenvalue weighted by Gasteiger charge is -2.26. The minimum absolute atomic E-state index is 0.519. The zero-order valence-electron chi connectivity index (χ0n) is 12.9. The largest absolute Gasteiger partial charge is 0.496 e. The van der Waals surface area contributed by atoms with E-state index >= 15 is 0 Å². The fourth-order valence-electron chi connectivity index (χ4n) is 2.68. The third-order valence-corrected chi connectivity index (χ3v) is 4.66. The van der Waals surface area contributed by atoms with Gasteiger partial charge in [-0.2, -0.15) is 0 Å². The summed E-state index contributed by atoms with van der Waals surface area (Å²) >= 11 is 1.81. The Labute approximate surface area is 126 Å². The molecule has 112 valence electrons. The Bertz CT molecular complexity index is 442. The predicted octanol–water partition coefficient (Wildman–Crippen LogP) is 3.67. The molecule has 1 atom stereocenters. The normalized spacial score (nSPS) is 19.1. The van der Waals surface area contributed by atoms with Crippen LogP contribution < -0.4 is 14.8 Å². The molecule has 1 N–H and O–H groups in total. The summed E-state index contributed by atoms with van der Waals surface area (Å²) in [5.74, 6) is 2.47. The Kier molecular flexibility index (Phi) is 5.61. The number of piperidine rings is 1. The van der Waals surface area contributed by atoms with Crippen LogP contribution in [-0.2, 0) is 0 Å². The number of methoxy groups -OCH3 is 2. The molecular weight excluding hydrogens is 270 g/mol. The first kappa shape index (κ1) is 15.5. The lowest BCUT2D eigenvalue weighted by Crippen LogP contribution is -2.28. The summed E-state index contributed by atoms with van der Waals surface area (Å²) in [6, 6.07) is 4.30. The fraction of sp³-hybridized carbons (Fsp3) is 0.625. The molecule has 1 aliphatic rings. The standard InChI is InChI=1S/C16H25NO2S/c1-11(2)20-16-9-14(18-3)13(8-15(16)19-4)12-6-5-7-17-10-12/h8-9,11-12,17H,5-7,10H2,1-4H3. The Hall–Kier alpha value is -0.870. The number of hydrogen-bond acceptors (Lipinski definition) is 4. The second-order valence-electron chi connectivity index (χ2n) is 5.45. The average Bonchev–Trinajstić information content (AvgIpc) is 2.47. The van der Waals surface area contributed by atoms with Gasteiger partial charge in [0.15, 0.2) is 0 Å². The Morgan fingerprint density at radius 2 is 1.95 bits per heavy atom. The average molecular weight is 295 g/mol. The molecule has 1 unspecified atom stereocenters. The highest BCUT2D eigenvalue weighted by Crippen LogP contribution is 2.41. The summed E-state index contributed by atoms with van der Waals surface area (Å²) in [6.45, 7) is 6.53. The molecule has 3 nitrogen and oxygen atoms in total. The third-order valence-electron chi connectivity index (χ3n) is 3.62. The van der Waals surface area contributed by atoms with Gasteiger partial charge >= 0.3 is 0 Å². The second kappa shape index (κ2) is 7.23. The molecule has 0 aromatic heterocycles. The molecule has 0 spiro atoms. The maximum absolute atomic E-state index is 5.62. The fourth-order valence-corrected chi connectivity index (χ4v) is 3.62. The second-order valence-corrected chi connectivity index (χ2v) is 7.07. The Morgan fingerprint density at radius 1 is 1.20 bits per heavy atom. The van der Waals surface area contributed by atoms with E-state index < -0.39 is 0 Å². The van der Waals surface area contributed by atoms with E-state index in [9.17, 15) is 0 Å². The van der Waals surface area contributed by atoms with Gasteiger partial charge < -0.3 is 14.8 Å². The van der Waals surface area contributed by atoms with Crippen LogP contribution in [0.5, 0.6) is 11.5 Å². The summed E-state index contributed by atoms with van der Waals surface area (Å²) in [4.78, 5) is 1.16. The molecule has 1 fully saturated rings. The maximum Gasteiger partial charge on any atom is 0.132 e. The van der Waals surface area contributed by atoms with Crippen molar-refractivity contribution < 1.29 is 9.47 Å². The van der Waals surface area contributed by atoms with Crippen molar-refractivity contribution in [2.75, 3.05) is 27.3 Å². The molecule has 0 aliphatic carbocycles. The van der Waals surface area contributed by atoms with Crippen LogP contribution in [0.3, 0.4) is 0 Å². The van der Waals surface area contributed by atoms with Gasteiger partial charge in [0.1, 0.15) is 11.5 Å². The van der Waals surface area contributed by atoms with Gasteiger partial charge in [-0.25, -0.2) is 0 Å². The lowest BCUT2D eigenvalue weighted by molar-refractivity contribution is 0.378. The zero-order valence-corrected chi connectivity index (χ0v) is 13.7. The molecule has 2 rings (SSSR count). The van der Waals surface area contributed by atoms with Crippen LogP contribution >= 0.6 is 11.8 Å². The highest BCUT2D eigenvalue weighted by Gasteiger charge is 2.21. The van der Waals surface area contributed by atoms with E-state index in [1.807, 2.05) is 11.8 Å². The third kappa shape index (κ3) is 3.61. The smallest absolute Gasteiger partial charge is 0.132 e. The van der Waals surface area contributed by atoms with E-state index in [4.69, 9.17) is 9.47 Å². The molecule has 0 amide bonds. The van der Waals surface area contributed by atoms with E-state index in [-0.39, 0.29) is 0 Å². The lowest BCUT2D eigenvalue weighted by atomic mass is 9.91. The van der Waals surface area contributed by atoms with Crippen LogP contribution in [0.15, 0.2) is 17.0 Å². The first-order valence-corrected chi connectivity index (χ1v) is 8.17. The van der Waals surface area contributed by atoms with Crippen molar-refractivity contribution in [3.8, 4) is 11.5 Å². The summed E-state index contributed by atoms with van der Waals surface area (Å²) in [7, 11) is 3.50. The summed E-state index contributed by atoms with van der Waals surface area (Å²) in [5, 5.41) is 3.99. The first-order valence-electron chi connectivity index (χ1n) is 7.29. The van der Waals surface area contributed by atoms with Gasteiger partial charge in [0.05, 0.1) is 19.1 Å². The van der Waals surface area contributed by atoms with Gasteiger partial charge in [0, 0.05) is 23.3 Å². The Morgan fingerprint density at radius 3 is 2.50 bits per heavy atom. The van der Waals surface area contributed by atoms with E-state index in [1.165, 1.54) is 18.4 Å². The molecular formula is C16H25NO2S. The van der Waals surface area contributed by atoms with Gasteiger partial charge in [-0.1, -0.05) is 13.8 Å². The van der Waals surface area contributed by atoms with Crippen molar-refractivity contribution in [2.24, 2.45) is 0 Å². The molecule has 0 saturated carbocycles. The van der Waals surface area contributed by atoms with Crippen LogP contribution in [-0.4, -0.2) is 32.6 Å². The van der Waals surface area contributed by atoms with Crippen molar-refractivity contribution >= 4 is 11.8 Å². The van der Waals surface area contributed by atoms with E-state index in [0.29, 0.717) is 11.2 Å². The van der Waals surface area contributed by atoms with Gasteiger partial charge in [-0.05, 0) is 31.5 Å². The molecule has 4 heteroatoms. The SMILES string of the molecule is COc1cc(C2CCCNC2)c(OC)cc1SC(C)C. The van der Waals surface area contributed by atoms with Crippen molar-refractivity contribution in [1.29, 1.82) is 0 Å². The zero-order chi connectivity index (χ0) is 14.5. The maximum atomic E-state index is 5.62. The number of benzene rings is 1. The van der Waals surface area contributed by atoms with E-state index in [0.717, 1.165) is 29.5 Å². The minimum Gasteiger partial charge on any atom is -0.496 e. The summed E-state index contributed by atoms with van der Waals surface area (Å²) in [6.07, 6.45) is 2.43. The highest BCUT2D eigenvalue weighted by atomic mass is 32.2. The van der Waals surface area contributed by atoms with Crippen LogP contribution in [0.1, 0.15) is 38.2 Å². The quantitative estimate of drug-likeness (QED) is 0.840. The molecule has 1 aromatic carbocycles. The highest BCUT2D eigenvalue weighted by molar-refractivity contribution is 8.00. The Balaban J connectivity index is 2.35. The van der Waals surface area contributed by atoms with E-state index in [2.05, 4.69) is 31.3 Å². The van der Waals surface area contributed by atoms with Crippen LogP contribution in [0, 0.1) is 0 Å². The van der Waals surface area contributed by atoms with Crippen molar-refractivity contribution in [3.05, 3.63) is 17.7 Å². The molecule has 1 aromatic rings. The number of rotatable bonds is 5. The van der Waals surface area contributed by atoms with Crippen LogP contribution in [0.25, 0.3) is 0 Å². The molecule has 0 bridgehead atoms. The number of thioether (sulfide) groups is 1. The molecule has 20 heavy (non-hydrogen) atoms. The first-order chi connectivity index (χ1) is 9.65. The van der Waals surface area contributed by atoms with E-state index in [1.54, 1.807) is 14.2 Å². The van der Waals surface area contributed by atoms with Gasteiger partial charge in [0.25, 0.3) is 0 Å². The van der Waals surface area contributed by atoms with Gasteiger partial charge in [-0.3, -0.25) is 0 Å². The molecule has 1 heterocycles. The summed E-state index contributed by atoms with van der Waals surface area (Å²) in [5.41, 5.74) is 1.27. The summed E-state index contributed by atoms with van der Waals surface area (Å²) < 4.78 is 11.2. The van der Waals surface area contributed by atoms with Gasteiger partial charge in [0.2, 0.25) is 0 Å². The topological polar surface area (TPSA) is 30.5 Å². The molecule has 1 saturated heterocycles. The predicted molar refractivity (Wildman–Crippen MR) is 85.4 cm³/mol. The monoisotopic (exact) mass is 295 g/mol. The van der Waals surface area contributed by atoms with Crippen molar-refractivity contribution in [3.63, 3.8) is 0 Å². The molecule has 1 aliphatic heterocycles. The van der Waals surface area contributed by atoms with Gasteiger partial charge in [-0.15, -0.1) is 11.8 Å². The van der Waals surface area contributed by atoms with Crippen LogP contribution in [0.4, 0.5) is 0 Å². The molecule has 0 radical (unpaired) electrons. The van der Waals surface area contributed by atoms with Crippen molar-refractivity contribution in [2.45, 2.75) is 42.8 Å². The minimum atomic E-state index is 0.519. The number of ether oxygens (including phenoxy) is 2. The number of hydrogen-bond donors (Lipinski definition) is 1.